The number of fused-ring (bicyclic) bond motifs is 3. The molecule has 7 rings (SSSR count). The number of pyridine rings is 1. The summed E-state index contributed by atoms with van der Waals surface area (Å²) in [4.78, 5) is 63.6. The Labute approximate surface area is 333 Å². The van der Waals surface area contributed by atoms with E-state index in [1.54, 1.807) is 26.3 Å². The number of allylic oxidation sites excluding steroid dienone is 1. The summed E-state index contributed by atoms with van der Waals surface area (Å²) in [6.45, 7) is 7.98. The average molecular weight is 811 g/mol. The molecule has 4 heterocycles. The fraction of sp³-hybridized carbons (Fsp3) is 0.625. The lowest BCUT2D eigenvalue weighted by molar-refractivity contribution is -0.142. The van der Waals surface area contributed by atoms with Crippen molar-refractivity contribution in [2.45, 2.75) is 101 Å². The van der Waals surface area contributed by atoms with Crippen LogP contribution in [-0.4, -0.2) is 116 Å². The second-order valence-electron chi connectivity index (χ2n) is 16.5. The van der Waals surface area contributed by atoms with Gasteiger partial charge in [-0.2, -0.15) is 0 Å². The van der Waals surface area contributed by atoms with Crippen molar-refractivity contribution in [3.8, 4) is 11.6 Å². The van der Waals surface area contributed by atoms with Gasteiger partial charge < -0.3 is 39.8 Å². The molecule has 4 amide bonds. The number of methoxy groups -OCH3 is 1. The third-order valence-electron chi connectivity index (χ3n) is 12.6. The van der Waals surface area contributed by atoms with Gasteiger partial charge in [-0.05, 0) is 75.5 Å². The monoisotopic (exact) mass is 810 g/mol. The van der Waals surface area contributed by atoms with Crippen LogP contribution in [-0.2, 0) is 29.1 Å². The van der Waals surface area contributed by atoms with Crippen LogP contribution in [0.15, 0.2) is 36.5 Å². The van der Waals surface area contributed by atoms with Crippen LogP contribution in [0.5, 0.6) is 11.6 Å². The quantitative estimate of drug-likeness (QED) is 0.269. The molecule has 4 N–H and O–H groups in total. The molecule has 2 aromatic rings. The average Bonchev–Trinajstić information content (AvgIpc) is 4.07. The number of hydrogen-bond donors (Lipinski definition) is 4. The van der Waals surface area contributed by atoms with E-state index in [9.17, 15) is 32.7 Å². The van der Waals surface area contributed by atoms with Crippen LogP contribution in [0.2, 0.25) is 0 Å². The van der Waals surface area contributed by atoms with Crippen LogP contribution in [0.3, 0.4) is 0 Å². The number of nitrogens with zero attached hydrogens (tertiary/aromatic N) is 3. The van der Waals surface area contributed by atoms with E-state index in [1.165, 1.54) is 4.90 Å². The first-order chi connectivity index (χ1) is 27.2. The van der Waals surface area contributed by atoms with Crippen LogP contribution >= 0.6 is 0 Å². The minimum absolute atomic E-state index is 0.00365. The van der Waals surface area contributed by atoms with Crippen molar-refractivity contribution in [3.05, 3.63) is 36.5 Å². The number of rotatable bonds is 9. The summed E-state index contributed by atoms with van der Waals surface area (Å²) in [7, 11) is -2.43. The minimum Gasteiger partial charge on any atom is -0.497 e. The molecule has 17 heteroatoms. The Hall–Kier alpha value is -4.64. The molecule has 5 aliphatic rings. The zero-order valence-corrected chi connectivity index (χ0v) is 33.8. The van der Waals surface area contributed by atoms with E-state index in [1.807, 2.05) is 31.2 Å². The predicted octanol–water partition coefficient (Wildman–Crippen LogP) is 3.34. The number of amides is 4. The molecule has 2 aliphatic carbocycles. The Balaban J connectivity index is 1.23. The topological polar surface area (TPSA) is 206 Å². The maximum absolute atomic E-state index is 14.7. The summed E-state index contributed by atoms with van der Waals surface area (Å²) in [5.41, 5.74) is -0.674. The van der Waals surface area contributed by atoms with Crippen molar-refractivity contribution < 1.29 is 46.9 Å². The fourth-order valence-corrected chi connectivity index (χ4v) is 9.88. The number of ether oxygens (including phenoxy) is 3. The number of aromatic nitrogens is 1. The number of sulfonamides is 1. The molecule has 4 fully saturated rings. The summed E-state index contributed by atoms with van der Waals surface area (Å²) in [5.74, 6) is -1.84. The van der Waals surface area contributed by atoms with Gasteiger partial charge in [0.05, 0.1) is 43.5 Å². The van der Waals surface area contributed by atoms with E-state index in [0.29, 0.717) is 69.5 Å². The molecule has 0 bridgehead atoms. The van der Waals surface area contributed by atoms with Gasteiger partial charge in [-0.1, -0.05) is 32.4 Å². The number of morpholine rings is 1. The molecule has 1 aromatic heterocycles. The number of anilines is 1. The van der Waals surface area contributed by atoms with E-state index in [-0.39, 0.29) is 37.1 Å². The van der Waals surface area contributed by atoms with Crippen molar-refractivity contribution in [2.75, 3.05) is 44.9 Å². The molecule has 0 unspecified atom stereocenters. The minimum atomic E-state index is -4.02. The second-order valence-corrected chi connectivity index (χ2v) is 18.7. The fourth-order valence-electron chi connectivity index (χ4n) is 8.56. The molecule has 0 spiro atoms. The van der Waals surface area contributed by atoms with Gasteiger partial charge in [0.15, 0.2) is 0 Å². The predicted molar refractivity (Wildman–Crippen MR) is 210 cm³/mol. The molecular formula is C40H54N6O10S. The van der Waals surface area contributed by atoms with Crippen molar-refractivity contribution in [1.82, 2.24) is 25.2 Å². The first-order valence-electron chi connectivity index (χ1n) is 20.0. The Morgan fingerprint density at radius 2 is 1.89 bits per heavy atom. The van der Waals surface area contributed by atoms with Gasteiger partial charge in [-0.15, -0.1) is 0 Å². The van der Waals surface area contributed by atoms with Gasteiger partial charge in [0, 0.05) is 36.2 Å². The van der Waals surface area contributed by atoms with Gasteiger partial charge in [-0.3, -0.25) is 19.1 Å². The third kappa shape index (κ3) is 8.22. The van der Waals surface area contributed by atoms with Crippen LogP contribution in [0.25, 0.3) is 10.8 Å². The zero-order chi connectivity index (χ0) is 40.7. The van der Waals surface area contributed by atoms with Crippen LogP contribution < -0.4 is 29.7 Å². The Morgan fingerprint density at radius 3 is 2.58 bits per heavy atom. The van der Waals surface area contributed by atoms with Crippen LogP contribution in [0, 0.1) is 17.8 Å². The van der Waals surface area contributed by atoms with Gasteiger partial charge in [0.2, 0.25) is 27.7 Å². The third-order valence-corrected chi connectivity index (χ3v) is 14.7. The highest BCUT2D eigenvalue weighted by molar-refractivity contribution is 7.91. The number of hydrogen-bond acceptors (Lipinski definition) is 11. The second kappa shape index (κ2) is 16.0. The van der Waals surface area contributed by atoms with Crippen molar-refractivity contribution in [2.24, 2.45) is 17.8 Å². The van der Waals surface area contributed by atoms with Crippen molar-refractivity contribution >= 4 is 50.3 Å². The summed E-state index contributed by atoms with van der Waals surface area (Å²) in [6, 6.07) is 3.24. The maximum Gasteiger partial charge on any atom is 0.405 e. The van der Waals surface area contributed by atoms with E-state index in [2.05, 4.69) is 27.2 Å². The standard InChI is InChI=1S/C40H54N6O10S/c1-5-25-18-24(2)8-6-7-9-26-21-40(26,37(49)44-57(52,53)39(3)12-13-39)43-34(47)31-20-28(23-46(31)36(48)33(25)42-38(50)51)56-35-29-11-10-27(54-4)19-30(29)32(22-41-35)45-14-16-55-17-15-45/h7,9-11,19,22,24-26,28,31,33,42H,5-6,8,12-18,20-21,23H2,1-4H3,(H,43,47)(H,44,49)(H,50,51)/b9-7-/t24-,25+,26+,28+,31-,33-,40+/m0/s1. The van der Waals surface area contributed by atoms with Crippen LogP contribution in [0.1, 0.15) is 72.1 Å². The first kappa shape index (κ1) is 40.6. The number of benzene rings is 1. The van der Waals surface area contributed by atoms with E-state index >= 15 is 0 Å². The summed E-state index contributed by atoms with van der Waals surface area (Å²) in [6.07, 6.45) is 6.92. The first-order valence-corrected chi connectivity index (χ1v) is 21.5. The van der Waals surface area contributed by atoms with Crippen molar-refractivity contribution in [3.63, 3.8) is 0 Å². The van der Waals surface area contributed by atoms with E-state index in [4.69, 9.17) is 19.2 Å². The highest BCUT2D eigenvalue weighted by Crippen LogP contribution is 2.48. The molecule has 7 atom stereocenters. The Morgan fingerprint density at radius 1 is 1.14 bits per heavy atom. The number of carbonyl (C=O) groups excluding carboxylic acids is 3. The highest BCUT2D eigenvalue weighted by Gasteiger charge is 2.63. The van der Waals surface area contributed by atoms with Gasteiger partial charge in [-0.25, -0.2) is 18.2 Å². The SMILES string of the molecule is CC[C@@H]1C[C@@H](C)CC/C=C\[C@@H]2C[C@@]2(C(=O)NS(=O)(=O)C2(C)CC2)NC(=O)[C@@H]2C[C@@H](Oc3ncc(N4CCOCC4)c4cc(OC)ccc34)CN2C(=O)[C@H]1NC(=O)O. The van der Waals surface area contributed by atoms with Gasteiger partial charge in [0.1, 0.15) is 29.5 Å². The summed E-state index contributed by atoms with van der Waals surface area (Å²) < 4.78 is 45.3. The molecular weight excluding hydrogens is 757 g/mol. The Bertz CT molecular complexity index is 2040. The van der Waals surface area contributed by atoms with Crippen LogP contribution in [0.4, 0.5) is 10.5 Å². The maximum atomic E-state index is 14.7. The number of carboxylic acid groups (broad SMARTS) is 1. The lowest BCUT2D eigenvalue weighted by Crippen LogP contribution is -2.59. The lowest BCUT2D eigenvalue weighted by Gasteiger charge is -2.33. The van der Waals surface area contributed by atoms with E-state index < -0.39 is 68.2 Å². The molecule has 1 aromatic carbocycles. The molecule has 16 nitrogen and oxygen atoms in total. The molecule has 0 radical (unpaired) electrons. The number of carbonyl (C=O) groups is 4. The molecule has 310 valence electrons. The smallest absolute Gasteiger partial charge is 0.405 e. The van der Waals surface area contributed by atoms with Gasteiger partial charge in [0.25, 0.3) is 5.91 Å². The van der Waals surface area contributed by atoms with Crippen molar-refractivity contribution in [1.29, 1.82) is 0 Å². The molecule has 2 saturated carbocycles. The lowest BCUT2D eigenvalue weighted by atomic mass is 9.85. The largest absolute Gasteiger partial charge is 0.497 e. The molecule has 3 aliphatic heterocycles. The normalized spacial score (nSPS) is 30.8. The highest BCUT2D eigenvalue weighted by atomic mass is 32.2. The molecule has 57 heavy (non-hydrogen) atoms. The van der Waals surface area contributed by atoms with Gasteiger partial charge >= 0.3 is 6.09 Å². The number of nitrogens with one attached hydrogen (secondary N) is 3. The summed E-state index contributed by atoms with van der Waals surface area (Å²) in [5, 5.41) is 16.8. The zero-order valence-electron chi connectivity index (χ0n) is 33.0. The molecule has 2 saturated heterocycles. The summed E-state index contributed by atoms with van der Waals surface area (Å²) >= 11 is 0. The van der Waals surface area contributed by atoms with E-state index in [0.717, 1.165) is 17.5 Å². The Kier molecular flexibility index (Phi) is 11.3.